The average Bonchev–Trinajstić information content (AvgIpc) is 2.25. The van der Waals surface area contributed by atoms with Crippen LogP contribution in [0.1, 0.15) is 39.2 Å². The van der Waals surface area contributed by atoms with E-state index in [1.54, 1.807) is 4.90 Å². The molecule has 1 fully saturated rings. The molecule has 1 atom stereocenters. The Kier molecular flexibility index (Phi) is 3.83. The SMILES string of the molecule is CC(c1ccccc1)C1CN(C(=O)OC(C)(C)C)C1. The molecule has 1 aliphatic heterocycles. The number of hydrogen-bond donors (Lipinski definition) is 0. The van der Waals surface area contributed by atoms with E-state index in [0.29, 0.717) is 11.8 Å². The fourth-order valence-corrected chi connectivity index (χ4v) is 2.33. The molecular formula is C16H23NO2. The lowest BCUT2D eigenvalue weighted by Crippen LogP contribution is -2.53. The van der Waals surface area contributed by atoms with Crippen LogP contribution in [0.2, 0.25) is 0 Å². The number of ether oxygens (including phenoxy) is 1. The van der Waals surface area contributed by atoms with Crippen molar-refractivity contribution in [2.24, 2.45) is 5.92 Å². The molecule has 0 spiro atoms. The molecule has 0 aromatic heterocycles. The minimum atomic E-state index is -0.410. The summed E-state index contributed by atoms with van der Waals surface area (Å²) in [4.78, 5) is 13.6. The van der Waals surface area contributed by atoms with Gasteiger partial charge in [0.05, 0.1) is 0 Å². The number of benzene rings is 1. The highest BCUT2D eigenvalue weighted by Crippen LogP contribution is 2.32. The van der Waals surface area contributed by atoms with Gasteiger partial charge in [-0.1, -0.05) is 37.3 Å². The van der Waals surface area contributed by atoms with E-state index in [9.17, 15) is 4.79 Å². The third-order valence-corrected chi connectivity index (χ3v) is 3.59. The smallest absolute Gasteiger partial charge is 0.410 e. The number of carbonyl (C=O) groups excluding carboxylic acids is 1. The molecule has 0 N–H and O–H groups in total. The van der Waals surface area contributed by atoms with Crippen molar-refractivity contribution in [2.45, 2.75) is 39.2 Å². The third kappa shape index (κ3) is 3.49. The molecule has 104 valence electrons. The van der Waals surface area contributed by atoms with E-state index in [-0.39, 0.29) is 6.09 Å². The molecule has 19 heavy (non-hydrogen) atoms. The molecule has 0 bridgehead atoms. The van der Waals surface area contributed by atoms with E-state index in [2.05, 4.69) is 31.2 Å². The van der Waals surface area contributed by atoms with Crippen LogP contribution in [0.4, 0.5) is 4.79 Å². The lowest BCUT2D eigenvalue weighted by molar-refractivity contribution is -0.00417. The van der Waals surface area contributed by atoms with Gasteiger partial charge in [-0.25, -0.2) is 4.79 Å². The summed E-state index contributed by atoms with van der Waals surface area (Å²) >= 11 is 0. The Morgan fingerprint density at radius 2 is 1.84 bits per heavy atom. The molecule has 1 unspecified atom stereocenters. The molecule has 1 heterocycles. The Bertz CT molecular complexity index is 430. The molecule has 1 saturated heterocycles. The zero-order chi connectivity index (χ0) is 14.0. The van der Waals surface area contributed by atoms with Gasteiger partial charge in [0, 0.05) is 19.0 Å². The van der Waals surface area contributed by atoms with Crippen LogP contribution < -0.4 is 0 Å². The summed E-state index contributed by atoms with van der Waals surface area (Å²) in [6.45, 7) is 9.51. The molecular weight excluding hydrogens is 238 g/mol. The number of likely N-dealkylation sites (tertiary alicyclic amines) is 1. The van der Waals surface area contributed by atoms with E-state index in [0.717, 1.165) is 13.1 Å². The second-order valence-corrected chi connectivity index (χ2v) is 6.34. The number of carbonyl (C=O) groups is 1. The first-order valence-electron chi connectivity index (χ1n) is 6.89. The lowest BCUT2D eigenvalue weighted by Gasteiger charge is -2.42. The molecule has 0 radical (unpaired) electrons. The Morgan fingerprint density at radius 1 is 1.26 bits per heavy atom. The average molecular weight is 261 g/mol. The third-order valence-electron chi connectivity index (χ3n) is 3.59. The molecule has 1 amide bonds. The minimum absolute atomic E-state index is 0.191. The van der Waals surface area contributed by atoms with Crippen LogP contribution in [0.5, 0.6) is 0 Å². The van der Waals surface area contributed by atoms with Crippen molar-refractivity contribution in [2.75, 3.05) is 13.1 Å². The Balaban J connectivity index is 1.85. The zero-order valence-corrected chi connectivity index (χ0v) is 12.2. The maximum Gasteiger partial charge on any atom is 0.410 e. The Hall–Kier alpha value is -1.51. The van der Waals surface area contributed by atoms with Gasteiger partial charge in [0.1, 0.15) is 5.60 Å². The second kappa shape index (κ2) is 5.24. The molecule has 3 nitrogen and oxygen atoms in total. The number of rotatable bonds is 2. The molecule has 0 aliphatic carbocycles. The highest BCUT2D eigenvalue weighted by atomic mass is 16.6. The van der Waals surface area contributed by atoms with Crippen molar-refractivity contribution < 1.29 is 9.53 Å². The highest BCUT2D eigenvalue weighted by molar-refractivity contribution is 5.69. The van der Waals surface area contributed by atoms with Crippen molar-refractivity contribution in [3.63, 3.8) is 0 Å². The maximum absolute atomic E-state index is 11.8. The summed E-state index contributed by atoms with van der Waals surface area (Å²) in [7, 11) is 0. The van der Waals surface area contributed by atoms with Gasteiger partial charge in [-0.05, 0) is 32.3 Å². The summed E-state index contributed by atoms with van der Waals surface area (Å²) in [5.74, 6) is 1.02. The predicted octanol–water partition coefficient (Wildman–Crippen LogP) is 3.66. The standard InChI is InChI=1S/C16H23NO2/c1-12(13-8-6-5-7-9-13)14-10-17(11-14)15(18)19-16(2,3)4/h5-9,12,14H,10-11H2,1-4H3. The number of nitrogens with zero attached hydrogens (tertiary/aromatic N) is 1. The molecule has 1 aromatic rings. The molecule has 0 saturated carbocycles. The van der Waals surface area contributed by atoms with Crippen LogP contribution in [0.3, 0.4) is 0 Å². The van der Waals surface area contributed by atoms with Crippen LogP contribution in [-0.4, -0.2) is 29.7 Å². The van der Waals surface area contributed by atoms with E-state index in [4.69, 9.17) is 4.74 Å². The van der Waals surface area contributed by atoms with E-state index >= 15 is 0 Å². The largest absolute Gasteiger partial charge is 0.444 e. The van der Waals surface area contributed by atoms with Gasteiger partial charge in [0.2, 0.25) is 0 Å². The van der Waals surface area contributed by atoms with Crippen LogP contribution >= 0.6 is 0 Å². The van der Waals surface area contributed by atoms with Crippen LogP contribution in [0.15, 0.2) is 30.3 Å². The molecule has 2 rings (SSSR count). The first kappa shape index (κ1) is 13.9. The van der Waals surface area contributed by atoms with Crippen molar-refractivity contribution >= 4 is 6.09 Å². The van der Waals surface area contributed by atoms with Gasteiger partial charge in [-0.15, -0.1) is 0 Å². The molecule has 1 aliphatic rings. The van der Waals surface area contributed by atoms with Gasteiger partial charge in [0.15, 0.2) is 0 Å². The van der Waals surface area contributed by atoms with Crippen molar-refractivity contribution in [3.05, 3.63) is 35.9 Å². The highest BCUT2D eigenvalue weighted by Gasteiger charge is 2.36. The summed E-state index contributed by atoms with van der Waals surface area (Å²) in [6, 6.07) is 10.5. The fourth-order valence-electron chi connectivity index (χ4n) is 2.33. The molecule has 1 aromatic carbocycles. The monoisotopic (exact) mass is 261 g/mol. The van der Waals surface area contributed by atoms with Crippen molar-refractivity contribution in [1.82, 2.24) is 4.90 Å². The maximum atomic E-state index is 11.8. The van der Waals surface area contributed by atoms with Gasteiger partial charge in [-0.3, -0.25) is 0 Å². The Morgan fingerprint density at radius 3 is 2.37 bits per heavy atom. The minimum Gasteiger partial charge on any atom is -0.444 e. The zero-order valence-electron chi connectivity index (χ0n) is 12.2. The number of amides is 1. The van der Waals surface area contributed by atoms with E-state index in [1.165, 1.54) is 5.56 Å². The fraction of sp³-hybridized carbons (Fsp3) is 0.562. The van der Waals surface area contributed by atoms with Gasteiger partial charge in [-0.2, -0.15) is 0 Å². The van der Waals surface area contributed by atoms with Gasteiger partial charge >= 0.3 is 6.09 Å². The van der Waals surface area contributed by atoms with Crippen molar-refractivity contribution in [3.8, 4) is 0 Å². The molecule has 3 heteroatoms. The van der Waals surface area contributed by atoms with Crippen molar-refractivity contribution in [1.29, 1.82) is 0 Å². The van der Waals surface area contributed by atoms with Crippen LogP contribution in [-0.2, 0) is 4.74 Å². The Labute approximate surface area is 115 Å². The summed E-state index contributed by atoms with van der Waals surface area (Å²) in [6.07, 6.45) is -0.191. The summed E-state index contributed by atoms with van der Waals surface area (Å²) in [5.41, 5.74) is 0.934. The summed E-state index contributed by atoms with van der Waals surface area (Å²) in [5, 5.41) is 0. The topological polar surface area (TPSA) is 29.5 Å². The van der Waals surface area contributed by atoms with Gasteiger partial charge in [0.25, 0.3) is 0 Å². The van der Waals surface area contributed by atoms with E-state index < -0.39 is 5.60 Å². The number of hydrogen-bond acceptors (Lipinski definition) is 2. The lowest BCUT2D eigenvalue weighted by atomic mass is 9.82. The second-order valence-electron chi connectivity index (χ2n) is 6.34. The summed E-state index contributed by atoms with van der Waals surface area (Å²) < 4.78 is 5.36. The van der Waals surface area contributed by atoms with Gasteiger partial charge < -0.3 is 9.64 Å². The predicted molar refractivity (Wildman–Crippen MR) is 76.2 cm³/mol. The first-order chi connectivity index (χ1) is 8.87. The van der Waals surface area contributed by atoms with Crippen LogP contribution in [0.25, 0.3) is 0 Å². The first-order valence-corrected chi connectivity index (χ1v) is 6.89. The van der Waals surface area contributed by atoms with Crippen LogP contribution in [0, 0.1) is 5.92 Å². The van der Waals surface area contributed by atoms with E-state index in [1.807, 2.05) is 26.8 Å². The quantitative estimate of drug-likeness (QED) is 0.813. The normalized spacial score (nSPS) is 17.8.